The van der Waals surface area contributed by atoms with E-state index in [-0.39, 0.29) is 5.41 Å². The average molecular weight is 362 g/mol. The number of fused-ring (bicyclic) bond motifs is 1. The van der Waals surface area contributed by atoms with Crippen molar-refractivity contribution in [2.45, 2.75) is 71.3 Å². The lowest BCUT2D eigenvalue weighted by atomic mass is 9.86. The molecule has 3 aromatic rings. The highest BCUT2D eigenvalue weighted by molar-refractivity contribution is 5.77. The molecule has 0 unspecified atom stereocenters. The Labute approximate surface area is 162 Å². The maximum atomic E-state index is 4.98. The topological polar surface area (TPSA) is 29.3 Å². The maximum absolute atomic E-state index is 4.98. The van der Waals surface area contributed by atoms with Crippen LogP contribution in [0.3, 0.4) is 0 Å². The molecule has 0 amide bonds. The van der Waals surface area contributed by atoms with Crippen LogP contribution in [0.1, 0.15) is 64.0 Å². The Morgan fingerprint density at radius 1 is 0.963 bits per heavy atom. The molecule has 0 spiro atoms. The maximum Gasteiger partial charge on any atom is 0.139 e. The van der Waals surface area contributed by atoms with E-state index in [0.29, 0.717) is 6.04 Å². The Kier molecular flexibility index (Phi) is 4.71. The van der Waals surface area contributed by atoms with Gasteiger partial charge in [0.1, 0.15) is 17.2 Å². The molecule has 1 aromatic carbocycles. The fourth-order valence-corrected chi connectivity index (χ4v) is 4.06. The number of anilines is 1. The molecule has 0 aliphatic heterocycles. The molecule has 1 saturated carbocycles. The molecule has 0 radical (unpaired) electrons. The molecule has 142 valence electrons. The van der Waals surface area contributed by atoms with Crippen molar-refractivity contribution in [2.75, 3.05) is 5.32 Å². The van der Waals surface area contributed by atoms with Crippen LogP contribution in [-0.2, 0) is 5.41 Å². The third kappa shape index (κ3) is 3.73. The number of hydrogen-bond donors (Lipinski definition) is 1. The van der Waals surface area contributed by atoms with E-state index in [1.165, 1.54) is 48.8 Å². The minimum atomic E-state index is 0.164. The van der Waals surface area contributed by atoms with Crippen LogP contribution in [0.15, 0.2) is 42.6 Å². The molecular formula is C24H31N3. The number of hydrogen-bond acceptors (Lipinski definition) is 2. The standard InChI is InChI=1S/C24H31N3/c1-17-10-15-21-26-22(18-11-13-19(14-12-18)24(2,3)4)23(27(21)16-17)25-20-8-6-5-7-9-20/h10-16,20,25H,5-9H2,1-4H3. The zero-order chi connectivity index (χ0) is 19.0. The smallest absolute Gasteiger partial charge is 0.139 e. The summed E-state index contributed by atoms with van der Waals surface area (Å²) in [5.41, 5.74) is 6.02. The molecular weight excluding hydrogens is 330 g/mol. The van der Waals surface area contributed by atoms with E-state index in [9.17, 15) is 0 Å². The quantitative estimate of drug-likeness (QED) is 0.589. The van der Waals surface area contributed by atoms with Crippen molar-refractivity contribution >= 4 is 11.5 Å². The van der Waals surface area contributed by atoms with Crippen molar-refractivity contribution in [2.24, 2.45) is 0 Å². The lowest BCUT2D eigenvalue weighted by Crippen LogP contribution is -2.23. The average Bonchev–Trinajstić information content (AvgIpc) is 3.00. The van der Waals surface area contributed by atoms with Crippen LogP contribution in [0.2, 0.25) is 0 Å². The van der Waals surface area contributed by atoms with Gasteiger partial charge < -0.3 is 5.32 Å². The minimum Gasteiger partial charge on any atom is -0.367 e. The molecule has 1 fully saturated rings. The van der Waals surface area contributed by atoms with Gasteiger partial charge in [-0.1, -0.05) is 70.4 Å². The molecule has 27 heavy (non-hydrogen) atoms. The van der Waals surface area contributed by atoms with Gasteiger partial charge in [0.2, 0.25) is 0 Å². The highest BCUT2D eigenvalue weighted by atomic mass is 15.1. The highest BCUT2D eigenvalue weighted by Crippen LogP contribution is 2.33. The Morgan fingerprint density at radius 3 is 2.33 bits per heavy atom. The summed E-state index contributed by atoms with van der Waals surface area (Å²) in [6, 6.07) is 13.7. The van der Waals surface area contributed by atoms with Gasteiger partial charge in [0, 0.05) is 17.8 Å². The first-order chi connectivity index (χ1) is 12.9. The van der Waals surface area contributed by atoms with Gasteiger partial charge in [0.05, 0.1) is 0 Å². The van der Waals surface area contributed by atoms with Gasteiger partial charge in [-0.3, -0.25) is 4.40 Å². The van der Waals surface area contributed by atoms with Crippen LogP contribution < -0.4 is 5.32 Å². The summed E-state index contributed by atoms with van der Waals surface area (Å²) in [5.74, 6) is 1.14. The second-order valence-electron chi connectivity index (χ2n) is 9.05. The SMILES string of the molecule is Cc1ccc2nc(-c3ccc(C(C)(C)C)cc3)c(NC3CCCCC3)n2c1. The van der Waals surface area contributed by atoms with Crippen molar-refractivity contribution in [1.29, 1.82) is 0 Å². The third-order valence-corrected chi connectivity index (χ3v) is 5.74. The van der Waals surface area contributed by atoms with Gasteiger partial charge in [0.25, 0.3) is 0 Å². The molecule has 2 heterocycles. The summed E-state index contributed by atoms with van der Waals surface area (Å²) >= 11 is 0. The van der Waals surface area contributed by atoms with E-state index < -0.39 is 0 Å². The number of imidazole rings is 1. The fourth-order valence-electron chi connectivity index (χ4n) is 4.06. The van der Waals surface area contributed by atoms with E-state index in [1.807, 2.05) is 0 Å². The predicted octanol–water partition coefficient (Wildman–Crippen LogP) is 6.35. The summed E-state index contributed by atoms with van der Waals surface area (Å²) in [4.78, 5) is 4.98. The molecule has 1 aliphatic carbocycles. The number of nitrogens with one attached hydrogen (secondary N) is 1. The normalized spacial score (nSPS) is 16.0. The first-order valence-corrected chi connectivity index (χ1v) is 10.3. The van der Waals surface area contributed by atoms with Crippen LogP contribution in [0.4, 0.5) is 5.82 Å². The molecule has 3 heteroatoms. The zero-order valence-electron chi connectivity index (χ0n) is 17.0. The van der Waals surface area contributed by atoms with Crippen molar-refractivity contribution in [3.63, 3.8) is 0 Å². The lowest BCUT2D eigenvalue weighted by Gasteiger charge is -2.24. The van der Waals surface area contributed by atoms with Crippen LogP contribution in [0.25, 0.3) is 16.9 Å². The third-order valence-electron chi connectivity index (χ3n) is 5.74. The van der Waals surface area contributed by atoms with Crippen molar-refractivity contribution in [3.05, 3.63) is 53.7 Å². The van der Waals surface area contributed by atoms with Gasteiger partial charge in [-0.25, -0.2) is 4.98 Å². The number of aryl methyl sites for hydroxylation is 1. The molecule has 0 bridgehead atoms. The van der Waals surface area contributed by atoms with Crippen LogP contribution in [0, 0.1) is 6.92 Å². The number of benzene rings is 1. The summed E-state index contributed by atoms with van der Waals surface area (Å²) in [6.45, 7) is 8.91. The molecule has 2 aromatic heterocycles. The lowest BCUT2D eigenvalue weighted by molar-refractivity contribution is 0.461. The Balaban J connectivity index is 1.78. The number of aromatic nitrogens is 2. The zero-order valence-corrected chi connectivity index (χ0v) is 17.0. The number of pyridine rings is 1. The van der Waals surface area contributed by atoms with Gasteiger partial charge in [-0.15, -0.1) is 0 Å². The van der Waals surface area contributed by atoms with E-state index in [2.05, 4.69) is 80.0 Å². The van der Waals surface area contributed by atoms with Crippen molar-refractivity contribution in [1.82, 2.24) is 9.38 Å². The van der Waals surface area contributed by atoms with Crippen molar-refractivity contribution in [3.8, 4) is 11.3 Å². The molecule has 3 nitrogen and oxygen atoms in total. The molecule has 0 atom stereocenters. The Bertz CT molecular complexity index is 923. The van der Waals surface area contributed by atoms with Crippen LogP contribution in [0.5, 0.6) is 0 Å². The molecule has 0 saturated heterocycles. The number of nitrogens with zero attached hydrogens (tertiary/aromatic N) is 2. The monoisotopic (exact) mass is 361 g/mol. The summed E-state index contributed by atoms with van der Waals surface area (Å²) in [7, 11) is 0. The van der Waals surface area contributed by atoms with Gasteiger partial charge in [0.15, 0.2) is 0 Å². The Morgan fingerprint density at radius 2 is 1.67 bits per heavy atom. The minimum absolute atomic E-state index is 0.164. The van der Waals surface area contributed by atoms with Gasteiger partial charge in [-0.2, -0.15) is 0 Å². The highest BCUT2D eigenvalue weighted by Gasteiger charge is 2.20. The summed E-state index contributed by atoms with van der Waals surface area (Å²) < 4.78 is 2.23. The van der Waals surface area contributed by atoms with Crippen LogP contribution >= 0.6 is 0 Å². The van der Waals surface area contributed by atoms with E-state index >= 15 is 0 Å². The molecule has 1 aliphatic rings. The summed E-state index contributed by atoms with van der Waals surface area (Å²) in [6.07, 6.45) is 8.71. The fraction of sp³-hybridized carbons (Fsp3) is 0.458. The van der Waals surface area contributed by atoms with Gasteiger partial charge in [-0.05, 0) is 42.4 Å². The first-order valence-electron chi connectivity index (χ1n) is 10.3. The second-order valence-corrected chi connectivity index (χ2v) is 9.05. The molecule has 1 N–H and O–H groups in total. The van der Waals surface area contributed by atoms with Gasteiger partial charge >= 0.3 is 0 Å². The van der Waals surface area contributed by atoms with E-state index in [1.54, 1.807) is 0 Å². The van der Waals surface area contributed by atoms with E-state index in [0.717, 1.165) is 17.2 Å². The molecule has 4 rings (SSSR count). The first kappa shape index (κ1) is 18.1. The summed E-state index contributed by atoms with van der Waals surface area (Å²) in [5, 5.41) is 3.84. The number of rotatable bonds is 3. The van der Waals surface area contributed by atoms with Crippen LogP contribution in [-0.4, -0.2) is 15.4 Å². The van der Waals surface area contributed by atoms with Crippen molar-refractivity contribution < 1.29 is 0 Å². The van der Waals surface area contributed by atoms with E-state index in [4.69, 9.17) is 4.98 Å². The largest absolute Gasteiger partial charge is 0.367 e. The predicted molar refractivity (Wildman–Crippen MR) is 115 cm³/mol. The Hall–Kier alpha value is -2.29. The second kappa shape index (κ2) is 7.03.